The highest BCUT2D eigenvalue weighted by Crippen LogP contribution is 2.66. The number of rotatable bonds is 4. The SMILES string of the molecule is CC1(C)C2=CCCC3=C2N2c4c1cc(-c1ccc(N(c5ccccc5)c5cccc6ccccc56)cc1)cc4C(C)(C)c1cccc(c12)C3(C)C. The van der Waals surface area contributed by atoms with E-state index in [4.69, 9.17) is 0 Å². The third-order valence-corrected chi connectivity index (χ3v) is 12.7. The monoisotopic (exact) mass is 660 g/mol. The van der Waals surface area contributed by atoms with E-state index in [1.54, 1.807) is 5.57 Å². The van der Waals surface area contributed by atoms with Crippen molar-refractivity contribution >= 4 is 39.2 Å². The minimum Gasteiger partial charge on any atom is -0.310 e. The Labute approximate surface area is 302 Å². The average molecular weight is 661 g/mol. The number of fused-ring (bicyclic) bond motifs is 1. The first kappa shape index (κ1) is 30.5. The van der Waals surface area contributed by atoms with Crippen LogP contribution in [0.25, 0.3) is 21.9 Å². The van der Waals surface area contributed by atoms with Crippen LogP contribution in [0.5, 0.6) is 0 Å². The molecule has 0 spiro atoms. The number of hydrogen-bond acceptors (Lipinski definition) is 2. The zero-order valence-corrected chi connectivity index (χ0v) is 30.5. The second-order valence-corrected chi connectivity index (χ2v) is 16.5. The summed E-state index contributed by atoms with van der Waals surface area (Å²) in [5, 5.41) is 2.48. The van der Waals surface area contributed by atoms with E-state index in [9.17, 15) is 0 Å². The van der Waals surface area contributed by atoms with Crippen LogP contribution < -0.4 is 9.80 Å². The van der Waals surface area contributed by atoms with E-state index in [0.717, 1.165) is 24.2 Å². The van der Waals surface area contributed by atoms with Gasteiger partial charge in [-0.2, -0.15) is 0 Å². The van der Waals surface area contributed by atoms with Crippen LogP contribution >= 0.6 is 0 Å². The molecule has 2 nitrogen and oxygen atoms in total. The smallest absolute Gasteiger partial charge is 0.0544 e. The van der Waals surface area contributed by atoms with E-state index in [-0.39, 0.29) is 16.2 Å². The molecule has 0 fully saturated rings. The van der Waals surface area contributed by atoms with Crippen LogP contribution in [0.4, 0.5) is 28.4 Å². The van der Waals surface area contributed by atoms with Gasteiger partial charge in [0.2, 0.25) is 0 Å². The predicted molar refractivity (Wildman–Crippen MR) is 215 cm³/mol. The van der Waals surface area contributed by atoms with Gasteiger partial charge in [-0.25, -0.2) is 0 Å². The summed E-state index contributed by atoms with van der Waals surface area (Å²) in [5.74, 6) is 0. The van der Waals surface area contributed by atoms with Crippen molar-refractivity contribution in [3.63, 3.8) is 0 Å². The Morgan fingerprint density at radius 3 is 1.90 bits per heavy atom. The molecule has 0 amide bonds. The number of anilines is 5. The molecule has 0 bridgehead atoms. The zero-order valence-electron chi connectivity index (χ0n) is 30.5. The van der Waals surface area contributed by atoms with Crippen LogP contribution in [0.2, 0.25) is 0 Å². The van der Waals surface area contributed by atoms with Crippen molar-refractivity contribution in [2.75, 3.05) is 9.80 Å². The largest absolute Gasteiger partial charge is 0.310 e. The van der Waals surface area contributed by atoms with Crippen molar-refractivity contribution in [2.24, 2.45) is 0 Å². The molecule has 0 saturated heterocycles. The third-order valence-electron chi connectivity index (χ3n) is 12.7. The van der Waals surface area contributed by atoms with Crippen molar-refractivity contribution in [3.05, 3.63) is 173 Å². The Morgan fingerprint density at radius 2 is 1.14 bits per heavy atom. The van der Waals surface area contributed by atoms with Gasteiger partial charge >= 0.3 is 0 Å². The summed E-state index contributed by atoms with van der Waals surface area (Å²) in [4.78, 5) is 5.09. The van der Waals surface area contributed by atoms with Gasteiger partial charge in [0.15, 0.2) is 0 Å². The van der Waals surface area contributed by atoms with Gasteiger partial charge in [0.1, 0.15) is 0 Å². The fourth-order valence-corrected chi connectivity index (χ4v) is 9.94. The van der Waals surface area contributed by atoms with Gasteiger partial charge in [-0.3, -0.25) is 0 Å². The quantitative estimate of drug-likeness (QED) is 0.186. The van der Waals surface area contributed by atoms with Crippen molar-refractivity contribution < 1.29 is 0 Å². The van der Waals surface area contributed by atoms with Crippen molar-refractivity contribution in [1.29, 1.82) is 0 Å². The van der Waals surface area contributed by atoms with Gasteiger partial charge in [-0.15, -0.1) is 0 Å². The van der Waals surface area contributed by atoms with E-state index in [0.29, 0.717) is 0 Å². The first-order valence-electron chi connectivity index (χ1n) is 18.6. The molecule has 6 aromatic rings. The van der Waals surface area contributed by atoms with Gasteiger partial charge in [0.05, 0.1) is 22.8 Å². The van der Waals surface area contributed by atoms with Crippen molar-refractivity contribution in [3.8, 4) is 11.1 Å². The molecule has 2 heteroatoms. The molecule has 1 aliphatic carbocycles. The standard InChI is InChI=1S/C49H44N2/c1-47(2)37-20-13-22-39-44(37)51-45-38(47)21-14-23-40(45)49(5,6)42-30-33(29-41(46(42)51)48(39,3)4)31-25-27-35(28-26-31)50(34-17-8-7-9-18-34)43-24-12-16-32-15-10-11-19-36(32)43/h7-13,15-20,22-30H,14,21H2,1-6H3. The van der Waals surface area contributed by atoms with Gasteiger partial charge in [-0.05, 0) is 105 Å². The Kier molecular flexibility index (Phi) is 6.19. The highest BCUT2D eigenvalue weighted by molar-refractivity contribution is 5.99. The van der Waals surface area contributed by atoms with Crippen LogP contribution in [-0.2, 0) is 16.2 Å². The second kappa shape index (κ2) is 10.4. The van der Waals surface area contributed by atoms with Crippen LogP contribution in [-0.4, -0.2) is 0 Å². The summed E-state index contributed by atoms with van der Waals surface area (Å²) in [6.07, 6.45) is 4.78. The molecule has 3 aliphatic heterocycles. The third kappa shape index (κ3) is 4.05. The van der Waals surface area contributed by atoms with Gasteiger partial charge in [-0.1, -0.05) is 133 Å². The number of hydrogen-bond donors (Lipinski definition) is 0. The summed E-state index contributed by atoms with van der Waals surface area (Å²) in [7, 11) is 0. The summed E-state index contributed by atoms with van der Waals surface area (Å²) < 4.78 is 0. The topological polar surface area (TPSA) is 6.48 Å². The molecule has 250 valence electrons. The Bertz CT molecular complexity index is 2490. The van der Waals surface area contributed by atoms with E-state index < -0.39 is 0 Å². The lowest BCUT2D eigenvalue weighted by Gasteiger charge is -2.57. The number of benzene rings is 6. The van der Waals surface area contributed by atoms with Gasteiger partial charge in [0, 0.05) is 33.0 Å². The van der Waals surface area contributed by atoms with E-state index in [1.807, 2.05) is 0 Å². The lowest BCUT2D eigenvalue weighted by Crippen LogP contribution is -2.47. The highest BCUT2D eigenvalue weighted by atomic mass is 15.2. The fourth-order valence-electron chi connectivity index (χ4n) is 9.94. The number of para-hydroxylation sites is 2. The second-order valence-electron chi connectivity index (χ2n) is 16.5. The van der Waals surface area contributed by atoms with E-state index in [1.165, 1.54) is 72.5 Å². The molecule has 0 unspecified atom stereocenters. The van der Waals surface area contributed by atoms with E-state index in [2.05, 4.69) is 185 Å². The molecular formula is C49H44N2. The lowest BCUT2D eigenvalue weighted by atomic mass is 9.58. The molecule has 4 aliphatic rings. The average Bonchev–Trinajstić information content (AvgIpc) is 3.15. The van der Waals surface area contributed by atoms with Crippen LogP contribution in [0, 0.1) is 0 Å². The number of allylic oxidation sites excluding steroid dienone is 3. The van der Waals surface area contributed by atoms with Gasteiger partial charge in [0.25, 0.3) is 0 Å². The molecule has 0 radical (unpaired) electrons. The minimum atomic E-state index is -0.152. The molecule has 3 heterocycles. The molecule has 51 heavy (non-hydrogen) atoms. The summed E-state index contributed by atoms with van der Waals surface area (Å²) >= 11 is 0. The molecule has 6 aromatic carbocycles. The molecule has 0 N–H and O–H groups in total. The maximum absolute atomic E-state index is 2.70. The van der Waals surface area contributed by atoms with Crippen LogP contribution in [0.3, 0.4) is 0 Å². The molecular weight excluding hydrogens is 617 g/mol. The normalized spacial score (nSPS) is 18.3. The highest BCUT2D eigenvalue weighted by Gasteiger charge is 2.53. The fraction of sp³-hybridized carbons (Fsp3) is 0.224. The maximum atomic E-state index is 2.70. The lowest BCUT2D eigenvalue weighted by molar-refractivity contribution is 0.516. The molecule has 10 rings (SSSR count). The summed E-state index contributed by atoms with van der Waals surface area (Å²) in [5.41, 5.74) is 18.9. The van der Waals surface area contributed by atoms with E-state index >= 15 is 0 Å². The summed E-state index contributed by atoms with van der Waals surface area (Å²) in [6, 6.07) is 47.4. The first-order chi connectivity index (χ1) is 24.6. The maximum Gasteiger partial charge on any atom is 0.0544 e. The van der Waals surface area contributed by atoms with Crippen LogP contribution in [0.15, 0.2) is 150 Å². The molecule has 0 atom stereocenters. The van der Waals surface area contributed by atoms with Crippen molar-refractivity contribution in [1.82, 2.24) is 0 Å². The predicted octanol–water partition coefficient (Wildman–Crippen LogP) is 13.3. The summed E-state index contributed by atoms with van der Waals surface area (Å²) in [6.45, 7) is 14.7. The Balaban J connectivity index is 1.16. The molecule has 0 aromatic heterocycles. The zero-order chi connectivity index (χ0) is 34.9. The van der Waals surface area contributed by atoms with Gasteiger partial charge < -0.3 is 9.80 Å². The Morgan fingerprint density at radius 1 is 0.529 bits per heavy atom. The van der Waals surface area contributed by atoms with Crippen molar-refractivity contribution in [2.45, 2.75) is 70.6 Å². The molecule has 0 saturated carbocycles. The minimum absolute atomic E-state index is 0.000784. The first-order valence-corrected chi connectivity index (χ1v) is 18.6. The Hall–Kier alpha value is -5.34. The number of nitrogens with zero attached hydrogens (tertiary/aromatic N) is 2. The van der Waals surface area contributed by atoms with Crippen LogP contribution in [0.1, 0.15) is 76.6 Å².